The maximum atomic E-state index is 5.56. The summed E-state index contributed by atoms with van der Waals surface area (Å²) >= 11 is 0. The van der Waals surface area contributed by atoms with Gasteiger partial charge in [0.2, 0.25) is 0 Å². The van der Waals surface area contributed by atoms with Crippen LogP contribution in [-0.4, -0.2) is 30.6 Å². The molecule has 0 fully saturated rings. The third kappa shape index (κ3) is 3.79. The molecule has 0 unspecified atom stereocenters. The Morgan fingerprint density at radius 1 is 1.32 bits per heavy atom. The Bertz CT molecular complexity index is 524. The van der Waals surface area contributed by atoms with E-state index in [0.717, 1.165) is 36.1 Å². The molecular weight excluding hydrogens is 240 g/mol. The number of nitrogens with zero attached hydrogens (tertiary/aromatic N) is 3. The smallest absolute Gasteiger partial charge is 0.144 e. The molecule has 5 nitrogen and oxygen atoms in total. The van der Waals surface area contributed by atoms with Gasteiger partial charge in [-0.3, -0.25) is 0 Å². The molecule has 0 spiro atoms. The van der Waals surface area contributed by atoms with E-state index in [1.54, 1.807) is 6.20 Å². The molecule has 0 aromatic carbocycles. The fraction of sp³-hybridized carbons (Fsp3) is 0.429. The number of hydrogen-bond donors (Lipinski definition) is 1. The zero-order valence-electron chi connectivity index (χ0n) is 11.7. The van der Waals surface area contributed by atoms with Crippen molar-refractivity contribution in [3.05, 3.63) is 41.7 Å². The van der Waals surface area contributed by atoms with Crippen LogP contribution in [0.1, 0.15) is 17.3 Å². The van der Waals surface area contributed by atoms with Crippen LogP contribution < -0.4 is 10.2 Å². The summed E-state index contributed by atoms with van der Waals surface area (Å²) in [7, 11) is 3.92. The van der Waals surface area contributed by atoms with Crippen LogP contribution in [0.25, 0.3) is 0 Å². The molecule has 0 amide bonds. The Kier molecular flexibility index (Phi) is 4.52. The minimum Gasteiger partial charge on any atom is -0.466 e. The number of anilines is 1. The number of hydrogen-bond acceptors (Lipinski definition) is 5. The summed E-state index contributed by atoms with van der Waals surface area (Å²) in [5.74, 6) is 3.70. The lowest BCUT2D eigenvalue weighted by molar-refractivity contribution is 0.483. The van der Waals surface area contributed by atoms with E-state index in [-0.39, 0.29) is 0 Å². The number of aromatic nitrogens is 2. The van der Waals surface area contributed by atoms with Gasteiger partial charge in [0.05, 0.1) is 6.54 Å². The van der Waals surface area contributed by atoms with E-state index >= 15 is 0 Å². The van der Waals surface area contributed by atoms with Crippen molar-refractivity contribution in [3.63, 3.8) is 0 Å². The predicted molar refractivity (Wildman–Crippen MR) is 75.2 cm³/mol. The molecule has 0 radical (unpaired) electrons. The van der Waals surface area contributed by atoms with Crippen molar-refractivity contribution in [1.82, 2.24) is 15.3 Å². The quantitative estimate of drug-likeness (QED) is 0.858. The first kappa shape index (κ1) is 13.5. The lowest BCUT2D eigenvalue weighted by atomic mass is 10.3. The minimum absolute atomic E-state index is 0.680. The first-order valence-electron chi connectivity index (χ1n) is 6.42. The van der Waals surface area contributed by atoms with E-state index < -0.39 is 0 Å². The van der Waals surface area contributed by atoms with Crippen LogP contribution in [0.4, 0.5) is 5.82 Å². The van der Waals surface area contributed by atoms with Gasteiger partial charge in [-0.05, 0) is 32.2 Å². The molecule has 2 rings (SSSR count). The van der Waals surface area contributed by atoms with Gasteiger partial charge in [-0.15, -0.1) is 0 Å². The zero-order valence-corrected chi connectivity index (χ0v) is 11.7. The highest BCUT2D eigenvalue weighted by atomic mass is 16.3. The average molecular weight is 260 g/mol. The molecule has 102 valence electrons. The SMILES string of the molecule is CNCc1nccc(N(C)CCc2ccc(C)o2)n1. The van der Waals surface area contributed by atoms with Gasteiger partial charge in [0.15, 0.2) is 0 Å². The summed E-state index contributed by atoms with van der Waals surface area (Å²) in [6.07, 6.45) is 2.66. The van der Waals surface area contributed by atoms with E-state index in [9.17, 15) is 0 Å². The zero-order chi connectivity index (χ0) is 13.7. The van der Waals surface area contributed by atoms with Crippen LogP contribution in [0.2, 0.25) is 0 Å². The van der Waals surface area contributed by atoms with E-state index in [1.165, 1.54) is 0 Å². The minimum atomic E-state index is 0.680. The van der Waals surface area contributed by atoms with Crippen LogP contribution in [0.15, 0.2) is 28.8 Å². The van der Waals surface area contributed by atoms with Crippen molar-refractivity contribution in [2.75, 3.05) is 25.5 Å². The molecule has 0 aliphatic rings. The van der Waals surface area contributed by atoms with E-state index in [4.69, 9.17) is 4.42 Å². The van der Waals surface area contributed by atoms with E-state index in [1.807, 2.05) is 39.2 Å². The largest absolute Gasteiger partial charge is 0.466 e. The van der Waals surface area contributed by atoms with Crippen molar-refractivity contribution >= 4 is 5.82 Å². The molecule has 2 aromatic rings. The molecule has 2 heterocycles. The van der Waals surface area contributed by atoms with Crippen LogP contribution in [-0.2, 0) is 13.0 Å². The summed E-state index contributed by atoms with van der Waals surface area (Å²) < 4.78 is 5.56. The Labute approximate surface area is 113 Å². The maximum Gasteiger partial charge on any atom is 0.144 e. The first-order valence-corrected chi connectivity index (χ1v) is 6.42. The number of nitrogens with one attached hydrogen (secondary N) is 1. The molecule has 0 aliphatic heterocycles. The summed E-state index contributed by atoms with van der Waals surface area (Å²) in [4.78, 5) is 10.8. The van der Waals surface area contributed by atoms with Gasteiger partial charge < -0.3 is 14.6 Å². The van der Waals surface area contributed by atoms with Gasteiger partial charge in [-0.25, -0.2) is 9.97 Å². The Morgan fingerprint density at radius 2 is 2.16 bits per heavy atom. The number of rotatable bonds is 6. The first-order chi connectivity index (χ1) is 9.19. The Balaban J connectivity index is 1.95. The highest BCUT2D eigenvalue weighted by molar-refractivity contribution is 5.36. The standard InChI is InChI=1S/C14H20N4O/c1-11-4-5-12(19-11)7-9-18(3)14-6-8-16-13(17-14)10-15-2/h4-6,8,15H,7,9-10H2,1-3H3. The normalized spacial score (nSPS) is 10.7. The average Bonchev–Trinajstić information content (AvgIpc) is 2.82. The van der Waals surface area contributed by atoms with Crippen LogP contribution >= 0.6 is 0 Å². The third-order valence-corrected chi connectivity index (χ3v) is 2.91. The molecule has 0 saturated carbocycles. The molecule has 0 atom stereocenters. The van der Waals surface area contributed by atoms with Gasteiger partial charge in [-0.2, -0.15) is 0 Å². The van der Waals surface area contributed by atoms with Crippen molar-refractivity contribution in [2.45, 2.75) is 19.9 Å². The molecule has 0 bridgehead atoms. The molecule has 19 heavy (non-hydrogen) atoms. The molecular formula is C14H20N4O. The second-order valence-corrected chi connectivity index (χ2v) is 4.55. The molecule has 2 aromatic heterocycles. The van der Waals surface area contributed by atoms with Gasteiger partial charge in [0.1, 0.15) is 23.2 Å². The van der Waals surface area contributed by atoms with Crippen LogP contribution in [0, 0.1) is 6.92 Å². The third-order valence-electron chi connectivity index (χ3n) is 2.91. The Morgan fingerprint density at radius 3 is 2.84 bits per heavy atom. The van der Waals surface area contributed by atoms with E-state index in [0.29, 0.717) is 6.54 Å². The second kappa shape index (κ2) is 6.33. The van der Waals surface area contributed by atoms with Crippen molar-refractivity contribution in [1.29, 1.82) is 0 Å². The number of aryl methyl sites for hydroxylation is 1. The van der Waals surface area contributed by atoms with Crippen LogP contribution in [0.3, 0.4) is 0 Å². The molecule has 0 aliphatic carbocycles. The fourth-order valence-electron chi connectivity index (χ4n) is 1.86. The highest BCUT2D eigenvalue weighted by Gasteiger charge is 2.06. The summed E-state index contributed by atoms with van der Waals surface area (Å²) in [6, 6.07) is 5.94. The van der Waals surface area contributed by atoms with E-state index in [2.05, 4.69) is 20.2 Å². The van der Waals surface area contributed by atoms with Gasteiger partial charge in [-0.1, -0.05) is 0 Å². The van der Waals surface area contributed by atoms with Gasteiger partial charge in [0.25, 0.3) is 0 Å². The van der Waals surface area contributed by atoms with Gasteiger partial charge in [0, 0.05) is 26.2 Å². The molecule has 5 heteroatoms. The van der Waals surface area contributed by atoms with Crippen molar-refractivity contribution in [2.24, 2.45) is 0 Å². The molecule has 0 saturated heterocycles. The summed E-state index contributed by atoms with van der Waals surface area (Å²) in [6.45, 7) is 3.50. The lowest BCUT2D eigenvalue weighted by Gasteiger charge is -2.17. The molecule has 1 N–H and O–H groups in total. The highest BCUT2D eigenvalue weighted by Crippen LogP contribution is 2.11. The maximum absolute atomic E-state index is 5.56. The predicted octanol–water partition coefficient (Wildman–Crippen LogP) is 1.78. The Hall–Kier alpha value is -1.88. The summed E-state index contributed by atoms with van der Waals surface area (Å²) in [5, 5.41) is 3.05. The second-order valence-electron chi connectivity index (χ2n) is 4.55. The lowest BCUT2D eigenvalue weighted by Crippen LogP contribution is -2.22. The van der Waals surface area contributed by atoms with Gasteiger partial charge >= 0.3 is 0 Å². The monoisotopic (exact) mass is 260 g/mol. The van der Waals surface area contributed by atoms with Crippen molar-refractivity contribution in [3.8, 4) is 0 Å². The summed E-state index contributed by atoms with van der Waals surface area (Å²) in [5.41, 5.74) is 0. The van der Waals surface area contributed by atoms with Crippen molar-refractivity contribution < 1.29 is 4.42 Å². The number of likely N-dealkylation sites (N-methyl/N-ethyl adjacent to an activating group) is 1. The topological polar surface area (TPSA) is 54.2 Å². The number of furan rings is 1. The fourth-order valence-corrected chi connectivity index (χ4v) is 1.86. The van der Waals surface area contributed by atoms with Crippen LogP contribution in [0.5, 0.6) is 0 Å².